The van der Waals surface area contributed by atoms with E-state index in [1.165, 1.54) is 0 Å². The molecule has 2 atom stereocenters. The number of hydrogen-bond donors (Lipinski definition) is 1. The van der Waals surface area contributed by atoms with E-state index in [9.17, 15) is 5.11 Å². The van der Waals surface area contributed by atoms with Crippen LogP contribution in [0, 0.1) is 0 Å². The van der Waals surface area contributed by atoms with Crippen LogP contribution < -0.4 is 0 Å². The third kappa shape index (κ3) is 2.50. The molecule has 1 N–H and O–H groups in total. The topological polar surface area (TPSA) is 75.3 Å². The Morgan fingerprint density at radius 3 is 3.11 bits per heavy atom. The van der Waals surface area contributed by atoms with Gasteiger partial charge in [-0.15, -0.1) is 0 Å². The Kier molecular flexibility index (Phi) is 3.27. The van der Waals surface area contributed by atoms with Crippen molar-refractivity contribution in [2.45, 2.75) is 25.5 Å². The minimum atomic E-state index is -0.247. The normalized spacial score (nSPS) is 21.7. The van der Waals surface area contributed by atoms with E-state index in [4.69, 9.17) is 4.52 Å². The molecule has 0 radical (unpaired) electrons. The predicted molar refractivity (Wildman–Crippen MR) is 68.1 cm³/mol. The van der Waals surface area contributed by atoms with Gasteiger partial charge in [0.2, 0.25) is 11.7 Å². The first-order chi connectivity index (χ1) is 9.24. The Morgan fingerprint density at radius 1 is 1.53 bits per heavy atom. The van der Waals surface area contributed by atoms with Gasteiger partial charge in [-0.2, -0.15) is 4.98 Å². The minimum absolute atomic E-state index is 0.0232. The zero-order valence-corrected chi connectivity index (χ0v) is 10.7. The van der Waals surface area contributed by atoms with Gasteiger partial charge in [-0.25, -0.2) is 0 Å². The third-order valence-electron chi connectivity index (χ3n) is 3.46. The smallest absolute Gasteiger partial charge is 0.244 e. The maximum atomic E-state index is 9.56. The van der Waals surface area contributed by atoms with Crippen LogP contribution in [0.25, 0.3) is 11.4 Å². The fourth-order valence-corrected chi connectivity index (χ4v) is 2.29. The van der Waals surface area contributed by atoms with Crippen LogP contribution in [0.15, 0.2) is 29.0 Å². The van der Waals surface area contributed by atoms with E-state index < -0.39 is 0 Å². The van der Waals surface area contributed by atoms with Crippen molar-refractivity contribution in [3.63, 3.8) is 0 Å². The van der Waals surface area contributed by atoms with Crippen LogP contribution in [-0.2, 0) is 0 Å². The summed E-state index contributed by atoms with van der Waals surface area (Å²) in [5.41, 5.74) is 0.839. The van der Waals surface area contributed by atoms with Crippen LogP contribution in [0.5, 0.6) is 0 Å². The molecule has 0 spiro atoms. The Hall–Kier alpha value is -1.79. The molecule has 1 unspecified atom stereocenters. The van der Waals surface area contributed by atoms with Gasteiger partial charge >= 0.3 is 0 Å². The summed E-state index contributed by atoms with van der Waals surface area (Å²) in [6.45, 7) is 3.53. The molecule has 0 aromatic carbocycles. The van der Waals surface area contributed by atoms with Crippen molar-refractivity contribution in [3.8, 4) is 11.4 Å². The van der Waals surface area contributed by atoms with E-state index in [2.05, 4.69) is 20.0 Å². The van der Waals surface area contributed by atoms with Gasteiger partial charge in [-0.3, -0.25) is 9.88 Å². The van der Waals surface area contributed by atoms with Crippen molar-refractivity contribution < 1.29 is 9.63 Å². The lowest BCUT2D eigenvalue weighted by Gasteiger charge is -2.19. The Morgan fingerprint density at radius 2 is 2.42 bits per heavy atom. The maximum Gasteiger partial charge on any atom is 0.244 e. The zero-order chi connectivity index (χ0) is 13.2. The second-order valence-corrected chi connectivity index (χ2v) is 4.81. The molecule has 3 rings (SSSR count). The van der Waals surface area contributed by atoms with Crippen molar-refractivity contribution in [3.05, 3.63) is 30.4 Å². The number of aliphatic hydroxyl groups is 1. The summed E-state index contributed by atoms with van der Waals surface area (Å²) in [6.07, 6.45) is 3.97. The average Bonchev–Trinajstić information content (AvgIpc) is 3.08. The van der Waals surface area contributed by atoms with Crippen LogP contribution >= 0.6 is 0 Å². The van der Waals surface area contributed by atoms with E-state index in [1.54, 1.807) is 12.4 Å². The van der Waals surface area contributed by atoms with Gasteiger partial charge in [0.25, 0.3) is 0 Å². The van der Waals surface area contributed by atoms with Crippen molar-refractivity contribution in [1.82, 2.24) is 20.0 Å². The molecule has 0 bridgehead atoms. The van der Waals surface area contributed by atoms with Gasteiger partial charge in [0, 0.05) is 31.0 Å². The van der Waals surface area contributed by atoms with Gasteiger partial charge in [0.15, 0.2) is 0 Å². The van der Waals surface area contributed by atoms with E-state index in [-0.39, 0.29) is 12.1 Å². The van der Waals surface area contributed by atoms with E-state index >= 15 is 0 Å². The molecule has 1 fully saturated rings. The Balaban J connectivity index is 1.78. The van der Waals surface area contributed by atoms with Crippen molar-refractivity contribution in [2.75, 3.05) is 13.1 Å². The molecule has 3 heterocycles. The van der Waals surface area contributed by atoms with Gasteiger partial charge in [0.1, 0.15) is 0 Å². The van der Waals surface area contributed by atoms with Crippen LogP contribution in [-0.4, -0.2) is 44.3 Å². The average molecular weight is 260 g/mol. The first kappa shape index (κ1) is 12.3. The Bertz CT molecular complexity index is 543. The van der Waals surface area contributed by atoms with Gasteiger partial charge in [-0.05, 0) is 25.5 Å². The lowest BCUT2D eigenvalue weighted by atomic mass is 10.2. The minimum Gasteiger partial charge on any atom is -0.392 e. The summed E-state index contributed by atoms with van der Waals surface area (Å²) in [5.74, 6) is 1.13. The van der Waals surface area contributed by atoms with Crippen molar-refractivity contribution in [2.24, 2.45) is 0 Å². The van der Waals surface area contributed by atoms with Crippen LogP contribution in [0.1, 0.15) is 25.3 Å². The number of hydrogen-bond acceptors (Lipinski definition) is 6. The third-order valence-corrected chi connectivity index (χ3v) is 3.46. The molecule has 19 heavy (non-hydrogen) atoms. The quantitative estimate of drug-likeness (QED) is 0.895. The van der Waals surface area contributed by atoms with Gasteiger partial charge in [-0.1, -0.05) is 5.16 Å². The molecular formula is C13H16N4O2. The first-order valence-corrected chi connectivity index (χ1v) is 6.40. The molecule has 0 amide bonds. The number of rotatable bonds is 3. The van der Waals surface area contributed by atoms with Crippen LogP contribution in [0.4, 0.5) is 0 Å². The monoisotopic (exact) mass is 260 g/mol. The predicted octanol–water partition coefficient (Wildman–Crippen LogP) is 1.26. The fourth-order valence-electron chi connectivity index (χ4n) is 2.29. The highest BCUT2D eigenvalue weighted by atomic mass is 16.5. The summed E-state index contributed by atoms with van der Waals surface area (Å²) in [5, 5.41) is 13.5. The lowest BCUT2D eigenvalue weighted by Crippen LogP contribution is -2.25. The van der Waals surface area contributed by atoms with Crippen LogP contribution in [0.2, 0.25) is 0 Å². The first-order valence-electron chi connectivity index (χ1n) is 6.40. The summed E-state index contributed by atoms with van der Waals surface area (Å²) in [4.78, 5) is 10.6. The number of nitrogens with zero attached hydrogens (tertiary/aromatic N) is 4. The summed E-state index contributed by atoms with van der Waals surface area (Å²) in [6, 6.07) is 3.76. The largest absolute Gasteiger partial charge is 0.392 e. The number of likely N-dealkylation sites (tertiary alicyclic amines) is 1. The molecule has 1 saturated heterocycles. The standard InChI is InChI=1S/C13H16N4O2/c1-9(17-6-4-11(18)8-17)13-15-12(16-19-13)10-3-2-5-14-7-10/h2-3,5,7,9,11,18H,4,6,8H2,1H3/t9?,11-/m0/s1. The van der Waals surface area contributed by atoms with E-state index in [0.717, 1.165) is 18.5 Å². The summed E-state index contributed by atoms with van der Waals surface area (Å²) >= 11 is 0. The van der Waals surface area contributed by atoms with Crippen LogP contribution in [0.3, 0.4) is 0 Å². The van der Waals surface area contributed by atoms with Gasteiger partial charge in [0.05, 0.1) is 12.1 Å². The lowest BCUT2D eigenvalue weighted by molar-refractivity contribution is 0.151. The maximum absolute atomic E-state index is 9.56. The molecule has 0 aliphatic carbocycles. The summed E-state index contributed by atoms with van der Waals surface area (Å²) in [7, 11) is 0. The highest BCUT2D eigenvalue weighted by Crippen LogP contribution is 2.25. The van der Waals surface area contributed by atoms with Crippen molar-refractivity contribution in [1.29, 1.82) is 0 Å². The molecule has 1 aliphatic rings. The molecular weight excluding hydrogens is 244 g/mol. The molecule has 0 saturated carbocycles. The van der Waals surface area contributed by atoms with Gasteiger partial charge < -0.3 is 9.63 Å². The summed E-state index contributed by atoms with van der Waals surface area (Å²) < 4.78 is 5.32. The highest BCUT2D eigenvalue weighted by molar-refractivity contribution is 5.51. The molecule has 1 aliphatic heterocycles. The molecule has 6 nitrogen and oxygen atoms in total. The van der Waals surface area contributed by atoms with E-state index in [0.29, 0.717) is 18.3 Å². The highest BCUT2D eigenvalue weighted by Gasteiger charge is 2.28. The fraction of sp³-hybridized carbons (Fsp3) is 0.462. The number of aliphatic hydroxyl groups excluding tert-OH is 1. The second-order valence-electron chi connectivity index (χ2n) is 4.81. The van der Waals surface area contributed by atoms with Crippen molar-refractivity contribution >= 4 is 0 Å². The number of aromatic nitrogens is 3. The second kappa shape index (κ2) is 5.07. The van der Waals surface area contributed by atoms with E-state index in [1.807, 2.05) is 19.1 Å². The number of β-amino-alcohol motifs (C(OH)–C–C–N with tert-alkyl or cyclic N) is 1. The molecule has 100 valence electrons. The molecule has 6 heteroatoms. The Labute approximate surface area is 111 Å². The number of pyridine rings is 1. The zero-order valence-electron chi connectivity index (χ0n) is 10.7. The SMILES string of the molecule is CC(c1nc(-c2cccnc2)no1)N1CC[C@H](O)C1. The molecule has 2 aromatic rings. The molecule has 2 aromatic heterocycles.